The van der Waals surface area contributed by atoms with Crippen molar-refractivity contribution in [2.24, 2.45) is 11.8 Å². The molecular weight excluding hydrogens is 651 g/mol. The summed E-state index contributed by atoms with van der Waals surface area (Å²) in [6, 6.07) is 7.68. The maximum Gasteiger partial charge on any atom is 0.406 e. The van der Waals surface area contributed by atoms with Gasteiger partial charge in [0, 0.05) is 19.6 Å². The van der Waals surface area contributed by atoms with Crippen LogP contribution >= 0.6 is 7.75 Å². The molecule has 1 saturated carbocycles. The summed E-state index contributed by atoms with van der Waals surface area (Å²) in [6.07, 6.45) is -3.23. The summed E-state index contributed by atoms with van der Waals surface area (Å²) in [5.41, 5.74) is 10.9. The van der Waals surface area contributed by atoms with E-state index in [4.69, 9.17) is 39.5 Å². The van der Waals surface area contributed by atoms with E-state index in [-0.39, 0.29) is 42.9 Å². The molecule has 0 amide bonds. The van der Waals surface area contributed by atoms with Crippen LogP contribution in [0.25, 0.3) is 0 Å². The zero-order valence-electron chi connectivity index (χ0n) is 28.0. The Kier molecular flexibility index (Phi) is 13.9. The lowest BCUT2D eigenvalue weighted by Gasteiger charge is -2.30. The van der Waals surface area contributed by atoms with Crippen molar-refractivity contribution in [1.29, 1.82) is 0 Å². The van der Waals surface area contributed by atoms with Crippen LogP contribution in [0.5, 0.6) is 5.88 Å². The monoisotopic (exact) mass is 698 g/mol. The summed E-state index contributed by atoms with van der Waals surface area (Å²) < 4.78 is 46.1. The third-order valence-corrected chi connectivity index (χ3v) is 9.45. The first-order valence-corrected chi connectivity index (χ1v) is 16.9. The fraction of sp³-hybridized carbons (Fsp3) is 0.600. The Morgan fingerprint density at radius 3 is 2.42 bits per heavy atom. The molecule has 1 aromatic heterocycles. The third kappa shape index (κ3) is 9.98. The molecule has 1 aliphatic carbocycles. The zero-order chi connectivity index (χ0) is 35.6. The lowest BCUT2D eigenvalue weighted by Crippen LogP contribution is -2.46. The Hall–Kier alpha value is -3.57. The predicted molar refractivity (Wildman–Crippen MR) is 175 cm³/mol. The SMILES string of the molecule is CCOC(=O)COP(=O)(NC(Cc1ccccc1)C(=O)OC(C)C)OCC(OC)C(O)[C@]1(O)C(C)C1CNc1c(N)nc(N)nc1OC. The Labute approximate surface area is 279 Å². The number of aliphatic hydroxyl groups excluding tert-OH is 1. The van der Waals surface area contributed by atoms with Crippen molar-refractivity contribution in [1.82, 2.24) is 15.1 Å². The molecule has 1 aliphatic rings. The minimum atomic E-state index is -4.52. The molecular formula is C30H47N6O11P. The van der Waals surface area contributed by atoms with Gasteiger partial charge >= 0.3 is 19.7 Å². The maximum absolute atomic E-state index is 14.1. The molecule has 1 heterocycles. The average molecular weight is 699 g/mol. The fourth-order valence-electron chi connectivity index (χ4n) is 5.23. The molecule has 0 aliphatic heterocycles. The van der Waals surface area contributed by atoms with Gasteiger partial charge in [0.2, 0.25) is 11.8 Å². The van der Waals surface area contributed by atoms with Crippen LogP contribution in [0.3, 0.4) is 0 Å². The number of benzene rings is 1. The molecule has 1 fully saturated rings. The first-order valence-electron chi connectivity index (χ1n) is 15.4. The lowest BCUT2D eigenvalue weighted by molar-refractivity contribution is -0.149. The van der Waals surface area contributed by atoms with Crippen molar-refractivity contribution in [3.05, 3.63) is 35.9 Å². The van der Waals surface area contributed by atoms with Crippen LogP contribution in [0.15, 0.2) is 30.3 Å². The molecule has 18 heteroatoms. The molecule has 0 bridgehead atoms. The van der Waals surface area contributed by atoms with E-state index in [0.29, 0.717) is 5.56 Å². The van der Waals surface area contributed by atoms with E-state index in [1.54, 1.807) is 58.0 Å². The smallest absolute Gasteiger partial charge is 0.406 e. The summed E-state index contributed by atoms with van der Waals surface area (Å²) in [6.45, 7) is 5.47. The highest BCUT2D eigenvalue weighted by atomic mass is 31.2. The van der Waals surface area contributed by atoms with E-state index in [1.807, 2.05) is 0 Å². The molecule has 48 heavy (non-hydrogen) atoms. The number of ether oxygens (including phenoxy) is 4. The fourth-order valence-corrected chi connectivity index (χ4v) is 6.65. The van der Waals surface area contributed by atoms with Gasteiger partial charge in [-0.2, -0.15) is 9.97 Å². The van der Waals surface area contributed by atoms with E-state index in [1.165, 1.54) is 14.2 Å². The van der Waals surface area contributed by atoms with E-state index in [0.717, 1.165) is 0 Å². The van der Waals surface area contributed by atoms with Crippen LogP contribution in [-0.4, -0.2) is 103 Å². The normalized spacial score (nSPS) is 21.9. The molecule has 0 spiro atoms. The van der Waals surface area contributed by atoms with Gasteiger partial charge in [-0.05, 0) is 38.7 Å². The first kappa shape index (κ1) is 38.9. The molecule has 8 N–H and O–H groups in total. The maximum atomic E-state index is 14.1. The number of rotatable bonds is 20. The van der Waals surface area contributed by atoms with E-state index < -0.39 is 74.7 Å². The van der Waals surface area contributed by atoms with Gasteiger partial charge in [0.15, 0.2) is 12.4 Å². The molecule has 0 radical (unpaired) electrons. The first-order chi connectivity index (χ1) is 22.7. The van der Waals surface area contributed by atoms with Crippen LogP contribution in [0.1, 0.15) is 33.3 Å². The van der Waals surface area contributed by atoms with Crippen LogP contribution in [-0.2, 0) is 43.8 Å². The summed E-state index contributed by atoms with van der Waals surface area (Å²) in [7, 11) is -1.86. The van der Waals surface area contributed by atoms with Crippen molar-refractivity contribution in [2.75, 3.05) is 57.4 Å². The van der Waals surface area contributed by atoms with Crippen LogP contribution in [0.4, 0.5) is 17.5 Å². The van der Waals surface area contributed by atoms with Crippen molar-refractivity contribution in [3.8, 4) is 5.88 Å². The lowest BCUT2D eigenvalue weighted by atomic mass is 10.0. The molecule has 268 valence electrons. The number of methoxy groups -OCH3 is 2. The number of carbonyl (C=O) groups is 2. The Morgan fingerprint density at radius 1 is 1.12 bits per heavy atom. The minimum Gasteiger partial charge on any atom is -0.479 e. The molecule has 0 saturated heterocycles. The number of esters is 2. The quantitative estimate of drug-likeness (QED) is 0.0842. The van der Waals surface area contributed by atoms with Gasteiger partial charge in [-0.1, -0.05) is 37.3 Å². The van der Waals surface area contributed by atoms with Crippen molar-refractivity contribution in [2.45, 2.75) is 64.1 Å². The molecule has 3 rings (SSSR count). The van der Waals surface area contributed by atoms with E-state index in [9.17, 15) is 24.4 Å². The van der Waals surface area contributed by atoms with Crippen molar-refractivity contribution < 1.29 is 52.4 Å². The summed E-state index contributed by atoms with van der Waals surface area (Å²) in [5, 5.41) is 28.5. The number of nitrogens with zero attached hydrogens (tertiary/aromatic N) is 2. The highest BCUT2D eigenvalue weighted by Gasteiger charge is 2.66. The van der Waals surface area contributed by atoms with Crippen molar-refractivity contribution >= 4 is 37.1 Å². The van der Waals surface area contributed by atoms with Gasteiger partial charge in [-0.15, -0.1) is 0 Å². The standard InChI is InChI=1S/C30H47N6O11P/c1-7-44-23(37)16-46-48(41,36-21(28(39)47-17(2)3)13-19-11-9-8-10-12-19)45-15-22(42-5)25(38)30(40)18(4)20(30)14-33-24-26(31)34-29(32)35-27(24)43-6/h8-12,17-18,20-22,25,33,38,40H,7,13-16H2,1-6H3,(H,36,41)(H4,31,32,34,35)/t18?,20?,21?,22?,25?,30-,48?/m0/s1. The van der Waals surface area contributed by atoms with Gasteiger partial charge < -0.3 is 45.9 Å². The largest absolute Gasteiger partial charge is 0.479 e. The number of anilines is 3. The molecule has 1 aromatic carbocycles. The number of aromatic nitrogens is 2. The molecule has 6 unspecified atom stereocenters. The Balaban J connectivity index is 1.77. The van der Waals surface area contributed by atoms with Gasteiger partial charge in [-0.25, -0.2) is 14.4 Å². The van der Waals surface area contributed by atoms with Gasteiger partial charge in [0.05, 0.1) is 26.4 Å². The number of nitrogens with two attached hydrogens (primary N) is 2. The zero-order valence-corrected chi connectivity index (χ0v) is 28.8. The second-order valence-corrected chi connectivity index (χ2v) is 13.2. The van der Waals surface area contributed by atoms with Gasteiger partial charge in [0.25, 0.3) is 0 Å². The highest BCUT2D eigenvalue weighted by Crippen LogP contribution is 2.54. The van der Waals surface area contributed by atoms with E-state index >= 15 is 0 Å². The summed E-state index contributed by atoms with van der Waals surface area (Å²) in [5.74, 6) is -2.45. The minimum absolute atomic E-state index is 0.0359. The molecule has 7 atom stereocenters. The molecule has 17 nitrogen and oxygen atoms in total. The Morgan fingerprint density at radius 2 is 1.81 bits per heavy atom. The second-order valence-electron chi connectivity index (χ2n) is 11.5. The summed E-state index contributed by atoms with van der Waals surface area (Å²) in [4.78, 5) is 33.1. The predicted octanol–water partition coefficient (Wildman–Crippen LogP) is 1.29. The van der Waals surface area contributed by atoms with Gasteiger partial charge in [-0.3, -0.25) is 13.8 Å². The number of hydrogen-bond acceptors (Lipinski definition) is 16. The number of hydrogen-bond donors (Lipinski definition) is 6. The summed E-state index contributed by atoms with van der Waals surface area (Å²) >= 11 is 0. The highest BCUT2D eigenvalue weighted by molar-refractivity contribution is 7.51. The number of carbonyl (C=O) groups excluding carboxylic acids is 2. The second kappa shape index (κ2) is 17.2. The van der Waals surface area contributed by atoms with Crippen molar-refractivity contribution in [3.63, 3.8) is 0 Å². The topological polar surface area (TPSA) is 249 Å². The van der Waals surface area contributed by atoms with E-state index in [2.05, 4.69) is 20.4 Å². The number of nitrogen functional groups attached to an aromatic ring is 2. The number of aliphatic hydroxyl groups is 2. The van der Waals surface area contributed by atoms with Crippen LogP contribution in [0, 0.1) is 11.8 Å². The van der Waals surface area contributed by atoms with Gasteiger partial charge in [0.1, 0.15) is 29.5 Å². The molecule has 2 aromatic rings. The van der Waals surface area contributed by atoms with Crippen LogP contribution < -0.4 is 26.6 Å². The average Bonchev–Trinajstić information content (AvgIpc) is 3.58. The third-order valence-electron chi connectivity index (χ3n) is 7.86. The van der Waals surface area contributed by atoms with Crippen LogP contribution in [0.2, 0.25) is 0 Å². The Bertz CT molecular complexity index is 1420. The number of nitrogens with one attached hydrogen (secondary N) is 2.